The zero-order chi connectivity index (χ0) is 18.4. The molecule has 0 aromatic heterocycles. The van der Waals surface area contributed by atoms with Gasteiger partial charge < -0.3 is 9.64 Å². The molecule has 0 aliphatic carbocycles. The van der Waals surface area contributed by atoms with Gasteiger partial charge in [-0.2, -0.15) is 0 Å². The van der Waals surface area contributed by atoms with Crippen LogP contribution in [0.5, 0.6) is 0 Å². The van der Waals surface area contributed by atoms with Gasteiger partial charge >= 0.3 is 5.97 Å². The van der Waals surface area contributed by atoms with E-state index in [-0.39, 0.29) is 56.0 Å². The number of hydrogen-bond donors (Lipinski definition) is 0. The van der Waals surface area contributed by atoms with Crippen molar-refractivity contribution >= 4 is 21.7 Å². The van der Waals surface area contributed by atoms with Crippen LogP contribution in [0.1, 0.15) is 5.56 Å². The number of benzene rings is 1. The van der Waals surface area contributed by atoms with Crippen LogP contribution in [0.2, 0.25) is 0 Å². The third-order valence-electron chi connectivity index (χ3n) is 3.91. The first-order chi connectivity index (χ1) is 11.7. The molecule has 0 bridgehead atoms. The topological polar surface area (TPSA) is 84.0 Å². The van der Waals surface area contributed by atoms with Crippen molar-refractivity contribution in [2.24, 2.45) is 0 Å². The van der Waals surface area contributed by atoms with E-state index in [1.54, 1.807) is 24.1 Å². The predicted octanol–water partition coefficient (Wildman–Crippen LogP) is 0.0577. The standard InChI is InChI=1S/C16H21FN2O5S/c1-18(10-13-2-4-14(17)5-3-13)15(20)12-24-16(21)11-19-6-8-25(22,23)9-7-19/h2-5H,6-12H2,1H3. The molecule has 1 fully saturated rings. The third-order valence-corrected chi connectivity index (χ3v) is 5.51. The van der Waals surface area contributed by atoms with Crippen molar-refractivity contribution in [3.8, 4) is 0 Å². The Morgan fingerprint density at radius 1 is 1.20 bits per heavy atom. The molecule has 1 aromatic carbocycles. The van der Waals surface area contributed by atoms with Gasteiger partial charge in [0, 0.05) is 26.7 Å². The number of likely N-dealkylation sites (N-methyl/N-ethyl adjacent to an activating group) is 1. The fourth-order valence-corrected chi connectivity index (χ4v) is 3.62. The van der Waals surface area contributed by atoms with Gasteiger partial charge in [0.2, 0.25) is 0 Å². The van der Waals surface area contributed by atoms with Gasteiger partial charge in [0.25, 0.3) is 5.91 Å². The Labute approximate surface area is 146 Å². The Hall–Kier alpha value is -2.00. The number of rotatable bonds is 6. The van der Waals surface area contributed by atoms with Crippen LogP contribution in [0.3, 0.4) is 0 Å². The first-order valence-electron chi connectivity index (χ1n) is 7.82. The summed E-state index contributed by atoms with van der Waals surface area (Å²) < 4.78 is 40.5. The number of hydrogen-bond acceptors (Lipinski definition) is 6. The average Bonchev–Trinajstić information content (AvgIpc) is 2.56. The molecule has 25 heavy (non-hydrogen) atoms. The summed E-state index contributed by atoms with van der Waals surface area (Å²) in [5, 5.41) is 0. The molecule has 1 amide bonds. The van der Waals surface area contributed by atoms with Crippen LogP contribution in [0.4, 0.5) is 4.39 Å². The van der Waals surface area contributed by atoms with Crippen molar-refractivity contribution in [2.75, 3.05) is 44.8 Å². The molecule has 0 unspecified atom stereocenters. The van der Waals surface area contributed by atoms with Crippen LogP contribution in [-0.4, -0.2) is 74.9 Å². The van der Waals surface area contributed by atoms with E-state index in [2.05, 4.69) is 0 Å². The number of nitrogens with zero attached hydrogens (tertiary/aromatic N) is 2. The maximum absolute atomic E-state index is 12.9. The molecular formula is C16H21FN2O5S. The van der Waals surface area contributed by atoms with E-state index in [0.717, 1.165) is 5.56 Å². The Kier molecular flexibility index (Phi) is 6.49. The zero-order valence-electron chi connectivity index (χ0n) is 14.0. The third kappa shape index (κ3) is 6.43. The molecule has 1 heterocycles. The lowest BCUT2D eigenvalue weighted by molar-refractivity contribution is -0.152. The van der Waals surface area contributed by atoms with Gasteiger partial charge in [-0.15, -0.1) is 0 Å². The van der Waals surface area contributed by atoms with E-state index < -0.39 is 15.8 Å². The number of carbonyl (C=O) groups excluding carboxylic acids is 2. The van der Waals surface area contributed by atoms with Gasteiger partial charge in [-0.1, -0.05) is 12.1 Å². The average molecular weight is 372 g/mol. The van der Waals surface area contributed by atoms with Gasteiger partial charge in [0.15, 0.2) is 16.4 Å². The molecule has 138 valence electrons. The van der Waals surface area contributed by atoms with E-state index in [1.807, 2.05) is 0 Å². The lowest BCUT2D eigenvalue weighted by atomic mass is 10.2. The SMILES string of the molecule is CN(Cc1ccc(F)cc1)C(=O)COC(=O)CN1CCS(=O)(=O)CC1. The number of carbonyl (C=O) groups is 2. The summed E-state index contributed by atoms with van der Waals surface area (Å²) in [4.78, 5) is 26.8. The Morgan fingerprint density at radius 2 is 1.80 bits per heavy atom. The summed E-state index contributed by atoms with van der Waals surface area (Å²) in [6.07, 6.45) is 0. The first-order valence-corrected chi connectivity index (χ1v) is 9.64. The normalized spacial score (nSPS) is 17.0. The van der Waals surface area contributed by atoms with E-state index >= 15 is 0 Å². The smallest absolute Gasteiger partial charge is 0.320 e. The van der Waals surface area contributed by atoms with Crippen molar-refractivity contribution in [1.29, 1.82) is 0 Å². The second kappa shape index (κ2) is 8.39. The molecule has 1 aromatic rings. The van der Waals surface area contributed by atoms with E-state index in [9.17, 15) is 22.4 Å². The van der Waals surface area contributed by atoms with Crippen LogP contribution in [0.15, 0.2) is 24.3 Å². The minimum absolute atomic E-state index is 0.0274. The molecule has 0 atom stereocenters. The van der Waals surface area contributed by atoms with E-state index in [4.69, 9.17) is 4.74 Å². The Bertz CT molecular complexity index is 707. The number of sulfone groups is 1. The lowest BCUT2D eigenvalue weighted by Crippen LogP contribution is -2.43. The van der Waals surface area contributed by atoms with Crippen LogP contribution in [0, 0.1) is 5.82 Å². The van der Waals surface area contributed by atoms with Crippen molar-refractivity contribution < 1.29 is 27.1 Å². The fourth-order valence-electron chi connectivity index (χ4n) is 2.34. The second-order valence-electron chi connectivity index (χ2n) is 5.96. The molecule has 7 nitrogen and oxygen atoms in total. The molecule has 0 saturated carbocycles. The van der Waals surface area contributed by atoms with Crippen molar-refractivity contribution in [3.05, 3.63) is 35.6 Å². The van der Waals surface area contributed by atoms with E-state index in [0.29, 0.717) is 0 Å². The Morgan fingerprint density at radius 3 is 2.40 bits per heavy atom. The predicted molar refractivity (Wildman–Crippen MR) is 88.9 cm³/mol. The second-order valence-corrected chi connectivity index (χ2v) is 8.27. The van der Waals surface area contributed by atoms with Gasteiger partial charge in [-0.25, -0.2) is 12.8 Å². The molecule has 0 N–H and O–H groups in total. The van der Waals surface area contributed by atoms with Crippen molar-refractivity contribution in [1.82, 2.24) is 9.80 Å². The molecule has 1 aliphatic rings. The molecule has 0 radical (unpaired) electrons. The highest BCUT2D eigenvalue weighted by atomic mass is 32.2. The monoisotopic (exact) mass is 372 g/mol. The molecule has 0 spiro atoms. The van der Waals surface area contributed by atoms with Crippen LogP contribution < -0.4 is 0 Å². The zero-order valence-corrected chi connectivity index (χ0v) is 14.8. The number of ether oxygens (including phenoxy) is 1. The number of halogens is 1. The van der Waals surface area contributed by atoms with E-state index in [1.165, 1.54) is 17.0 Å². The van der Waals surface area contributed by atoms with Crippen LogP contribution >= 0.6 is 0 Å². The highest BCUT2D eigenvalue weighted by Crippen LogP contribution is 2.06. The summed E-state index contributed by atoms with van der Waals surface area (Å²) in [5.41, 5.74) is 0.762. The lowest BCUT2D eigenvalue weighted by Gasteiger charge is -2.25. The van der Waals surface area contributed by atoms with Gasteiger partial charge in [-0.05, 0) is 17.7 Å². The summed E-state index contributed by atoms with van der Waals surface area (Å²) in [6, 6.07) is 5.78. The van der Waals surface area contributed by atoms with Crippen molar-refractivity contribution in [3.63, 3.8) is 0 Å². The molecular weight excluding hydrogens is 351 g/mol. The van der Waals surface area contributed by atoms with Gasteiger partial charge in [0.1, 0.15) is 5.82 Å². The summed E-state index contributed by atoms with van der Waals surface area (Å²) in [7, 11) is -1.43. The molecule has 2 rings (SSSR count). The Balaban J connectivity index is 1.71. The minimum atomic E-state index is -3.00. The number of esters is 1. The quantitative estimate of drug-likeness (QED) is 0.657. The molecule has 1 aliphatic heterocycles. The molecule has 1 saturated heterocycles. The minimum Gasteiger partial charge on any atom is -0.455 e. The maximum Gasteiger partial charge on any atom is 0.320 e. The van der Waals surface area contributed by atoms with Crippen LogP contribution in [-0.2, 0) is 30.7 Å². The highest BCUT2D eigenvalue weighted by Gasteiger charge is 2.23. The summed E-state index contributed by atoms with van der Waals surface area (Å²) in [5.74, 6) is -1.24. The van der Waals surface area contributed by atoms with Gasteiger partial charge in [-0.3, -0.25) is 14.5 Å². The van der Waals surface area contributed by atoms with Gasteiger partial charge in [0.05, 0.1) is 18.1 Å². The highest BCUT2D eigenvalue weighted by molar-refractivity contribution is 7.91. The fraction of sp³-hybridized carbons (Fsp3) is 0.500. The van der Waals surface area contributed by atoms with Crippen LogP contribution in [0.25, 0.3) is 0 Å². The van der Waals surface area contributed by atoms with Crippen molar-refractivity contribution in [2.45, 2.75) is 6.54 Å². The number of amides is 1. The first kappa shape index (κ1) is 19.3. The summed E-state index contributed by atoms with van der Waals surface area (Å²) >= 11 is 0. The summed E-state index contributed by atoms with van der Waals surface area (Å²) in [6.45, 7) is 0.430. The molecule has 9 heteroatoms. The maximum atomic E-state index is 12.9. The largest absolute Gasteiger partial charge is 0.455 e.